The van der Waals surface area contributed by atoms with Crippen molar-refractivity contribution in [1.82, 2.24) is 14.8 Å². The second-order valence-electron chi connectivity index (χ2n) is 11.1. The van der Waals surface area contributed by atoms with E-state index in [1.807, 2.05) is 19.9 Å². The Morgan fingerprint density at radius 2 is 1.98 bits per heavy atom. The van der Waals surface area contributed by atoms with Gasteiger partial charge < -0.3 is 20.1 Å². The minimum Gasteiger partial charge on any atom is -0.350 e. The number of rotatable bonds is 5. The van der Waals surface area contributed by atoms with E-state index in [1.165, 1.54) is 22.9 Å². The van der Waals surface area contributed by atoms with E-state index in [4.69, 9.17) is 0 Å². The highest BCUT2D eigenvalue weighted by atomic mass is 19.1. The summed E-state index contributed by atoms with van der Waals surface area (Å²) in [6.45, 7) is 5.50. The number of hydrogen-bond acceptors (Lipinski definition) is 4. The van der Waals surface area contributed by atoms with E-state index >= 15 is 0 Å². The normalized spacial score (nSPS) is 20.0. The number of nitrogens with zero attached hydrogens (tertiary/aromatic N) is 3. The van der Waals surface area contributed by atoms with E-state index < -0.39 is 40.9 Å². The fourth-order valence-corrected chi connectivity index (χ4v) is 5.92. The largest absolute Gasteiger partial charge is 0.350 e. The summed E-state index contributed by atoms with van der Waals surface area (Å²) < 4.78 is 28.0. The third kappa shape index (κ3) is 4.70. The maximum atomic E-state index is 14.3. The number of hydrogen-bond donors (Lipinski definition) is 2. The molecule has 1 saturated heterocycles. The van der Waals surface area contributed by atoms with Crippen LogP contribution in [0.2, 0.25) is 0 Å². The van der Waals surface area contributed by atoms with Crippen LogP contribution in [0.1, 0.15) is 55.2 Å². The summed E-state index contributed by atoms with van der Waals surface area (Å²) in [5, 5.41) is 13.0. The van der Waals surface area contributed by atoms with Crippen molar-refractivity contribution in [3.63, 3.8) is 0 Å². The number of anilines is 1. The first-order valence-corrected chi connectivity index (χ1v) is 13.3. The Bertz CT molecular complexity index is 1700. The first-order valence-electron chi connectivity index (χ1n) is 13.3. The molecule has 2 aliphatic rings. The number of fused-ring (bicyclic) bond motifs is 3. The molecule has 2 N–H and O–H groups in total. The predicted molar refractivity (Wildman–Crippen MR) is 149 cm³/mol. The molecule has 3 heterocycles. The van der Waals surface area contributed by atoms with Gasteiger partial charge in [0.15, 0.2) is 0 Å². The van der Waals surface area contributed by atoms with Gasteiger partial charge in [0.05, 0.1) is 17.0 Å². The fourth-order valence-electron chi connectivity index (χ4n) is 5.92. The van der Waals surface area contributed by atoms with Crippen LogP contribution in [-0.2, 0) is 15.0 Å². The highest BCUT2D eigenvalue weighted by Gasteiger charge is 2.57. The molecule has 2 aromatic carbocycles. The number of aromatic amines is 1. The average Bonchev–Trinajstić information content (AvgIpc) is 3.61. The maximum Gasteiger partial charge on any atom is 0.270 e. The summed E-state index contributed by atoms with van der Waals surface area (Å²) in [5.74, 6) is 2.90. The van der Waals surface area contributed by atoms with E-state index in [1.54, 1.807) is 19.1 Å². The quantitative estimate of drug-likeness (QED) is 0.456. The van der Waals surface area contributed by atoms with Crippen LogP contribution in [0.5, 0.6) is 0 Å². The average molecular weight is 558 g/mol. The molecule has 8 nitrogen and oxygen atoms in total. The van der Waals surface area contributed by atoms with Crippen LogP contribution in [0.4, 0.5) is 14.5 Å². The third-order valence-electron chi connectivity index (χ3n) is 7.93. The second-order valence-corrected chi connectivity index (χ2v) is 11.1. The van der Waals surface area contributed by atoms with Crippen molar-refractivity contribution in [2.45, 2.75) is 51.1 Å². The minimum atomic E-state index is -1.12. The lowest BCUT2D eigenvalue weighted by atomic mass is 9.79. The number of benzene rings is 2. The number of carbonyl (C=O) groups is 3. The minimum absolute atomic E-state index is 0.00283. The van der Waals surface area contributed by atoms with Crippen molar-refractivity contribution in [3.05, 3.63) is 64.9 Å². The number of amides is 3. The van der Waals surface area contributed by atoms with Crippen LogP contribution in [0.3, 0.4) is 0 Å². The van der Waals surface area contributed by atoms with Crippen LogP contribution in [0.25, 0.3) is 10.9 Å². The molecule has 3 aromatic rings. The maximum absolute atomic E-state index is 14.3. The standard InChI is InChI=1S/C31H29F2N5O3/c1-5-6-18-7-8-24-22(10-18)31(30(41)36-24)14-20(15-34)38(16-31)29(40)27(9-17(2)3)37(4)28(39)26-13-21-23(33)11-19(32)12-25(21)35-26/h7-8,10-13,17,20,27,35H,9,14,16H2,1-4H3,(H,36,41)/t20-,27-,31-/m0/s1. The van der Waals surface area contributed by atoms with E-state index in [9.17, 15) is 28.4 Å². The second kappa shape index (κ2) is 10.4. The van der Waals surface area contributed by atoms with E-state index in [2.05, 4.69) is 28.2 Å². The van der Waals surface area contributed by atoms with Crippen molar-refractivity contribution in [2.75, 3.05) is 18.9 Å². The van der Waals surface area contributed by atoms with Gasteiger partial charge in [-0.15, -0.1) is 5.92 Å². The van der Waals surface area contributed by atoms with Crippen LogP contribution < -0.4 is 5.32 Å². The van der Waals surface area contributed by atoms with E-state index in [-0.39, 0.29) is 47.8 Å². The molecular formula is C31H29F2N5O3. The molecule has 2 aliphatic heterocycles. The monoisotopic (exact) mass is 557 g/mol. The highest BCUT2D eigenvalue weighted by Crippen LogP contribution is 2.47. The Balaban J connectivity index is 1.48. The number of likely N-dealkylation sites (tertiary alicyclic amines) is 1. The summed E-state index contributed by atoms with van der Waals surface area (Å²) in [5.41, 5.74) is 1.03. The number of likely N-dealkylation sites (N-methyl/N-ethyl adjacent to an activating group) is 1. The van der Waals surface area contributed by atoms with E-state index in [0.717, 1.165) is 17.7 Å². The molecule has 1 spiro atoms. The summed E-state index contributed by atoms with van der Waals surface area (Å²) in [4.78, 5) is 46.4. The van der Waals surface area contributed by atoms with Gasteiger partial charge in [0.2, 0.25) is 11.8 Å². The zero-order valence-corrected chi connectivity index (χ0v) is 23.1. The Labute approximate surface area is 236 Å². The number of carbonyl (C=O) groups excluding carboxylic acids is 3. The molecule has 0 radical (unpaired) electrons. The van der Waals surface area contributed by atoms with Gasteiger partial charge in [-0.2, -0.15) is 5.26 Å². The molecule has 1 aromatic heterocycles. The van der Waals surface area contributed by atoms with Gasteiger partial charge in [0, 0.05) is 42.7 Å². The molecule has 10 heteroatoms. The van der Waals surface area contributed by atoms with Crippen molar-refractivity contribution >= 4 is 34.3 Å². The van der Waals surface area contributed by atoms with Crippen LogP contribution in [0.15, 0.2) is 36.4 Å². The molecule has 0 aliphatic carbocycles. The summed E-state index contributed by atoms with van der Waals surface area (Å²) in [7, 11) is 1.47. The lowest BCUT2D eigenvalue weighted by molar-refractivity contribution is -0.136. The van der Waals surface area contributed by atoms with Crippen molar-refractivity contribution in [2.24, 2.45) is 5.92 Å². The van der Waals surface area contributed by atoms with Crippen molar-refractivity contribution in [1.29, 1.82) is 5.26 Å². The summed E-state index contributed by atoms with van der Waals surface area (Å²) >= 11 is 0. The number of aromatic nitrogens is 1. The van der Waals surface area contributed by atoms with Gasteiger partial charge in [-0.1, -0.05) is 19.8 Å². The number of nitrogens with one attached hydrogen (secondary N) is 2. The number of halogens is 2. The van der Waals surface area contributed by atoms with Crippen LogP contribution >= 0.6 is 0 Å². The Morgan fingerprint density at radius 3 is 2.66 bits per heavy atom. The molecule has 41 heavy (non-hydrogen) atoms. The SMILES string of the molecule is CC#Cc1ccc2c(c1)[C@@]1(C[C@@H](C#N)N(C(=O)[C@H](CC(C)C)N(C)C(=O)c3cc4c(F)cc(F)cc4[nH]3)C1)C(=O)N2. The van der Waals surface area contributed by atoms with Gasteiger partial charge in [-0.25, -0.2) is 8.78 Å². The van der Waals surface area contributed by atoms with Gasteiger partial charge in [-0.05, 0) is 55.2 Å². The molecule has 1 fully saturated rings. The first kappa shape index (κ1) is 27.9. The zero-order chi connectivity index (χ0) is 29.6. The highest BCUT2D eigenvalue weighted by molar-refractivity contribution is 6.08. The van der Waals surface area contributed by atoms with Crippen LogP contribution in [-0.4, -0.2) is 58.2 Å². The number of nitriles is 1. The molecule has 0 unspecified atom stereocenters. The van der Waals surface area contributed by atoms with Crippen LogP contribution in [0, 0.1) is 40.7 Å². The third-order valence-corrected chi connectivity index (χ3v) is 7.93. The molecule has 0 bridgehead atoms. The Hall–Kier alpha value is -4.70. The zero-order valence-electron chi connectivity index (χ0n) is 23.1. The molecule has 0 saturated carbocycles. The van der Waals surface area contributed by atoms with Gasteiger partial charge in [0.25, 0.3) is 5.91 Å². The summed E-state index contributed by atoms with van der Waals surface area (Å²) in [6.07, 6.45) is 0.390. The smallest absolute Gasteiger partial charge is 0.270 e. The molecule has 3 amide bonds. The number of H-pyrrole nitrogens is 1. The van der Waals surface area contributed by atoms with Gasteiger partial charge in [-0.3, -0.25) is 14.4 Å². The lowest BCUT2D eigenvalue weighted by Gasteiger charge is -2.33. The fraction of sp³-hybridized carbons (Fsp3) is 0.355. The topological polar surface area (TPSA) is 109 Å². The van der Waals surface area contributed by atoms with Crippen molar-refractivity contribution in [3.8, 4) is 17.9 Å². The predicted octanol–water partition coefficient (Wildman–Crippen LogP) is 4.32. The van der Waals surface area contributed by atoms with Gasteiger partial charge >= 0.3 is 0 Å². The Morgan fingerprint density at radius 1 is 1.22 bits per heavy atom. The first-order chi connectivity index (χ1) is 19.5. The molecular weight excluding hydrogens is 528 g/mol. The van der Waals surface area contributed by atoms with Crippen molar-refractivity contribution < 1.29 is 23.2 Å². The Kier molecular flexibility index (Phi) is 7.04. The lowest BCUT2D eigenvalue weighted by Crippen LogP contribution is -2.52. The van der Waals surface area contributed by atoms with E-state index in [0.29, 0.717) is 11.3 Å². The molecule has 210 valence electrons. The molecule has 5 rings (SSSR count). The van der Waals surface area contributed by atoms with Gasteiger partial charge in [0.1, 0.15) is 29.4 Å². The summed E-state index contributed by atoms with van der Waals surface area (Å²) in [6, 6.07) is 8.84. The molecule has 3 atom stereocenters.